The molecule has 1 aliphatic carbocycles. The molecule has 28 heavy (non-hydrogen) atoms. The number of benzene rings is 1. The van der Waals surface area contributed by atoms with Gasteiger partial charge in [0.1, 0.15) is 0 Å². The summed E-state index contributed by atoms with van der Waals surface area (Å²) in [5.41, 5.74) is 3.45. The zero-order chi connectivity index (χ0) is 18.7. The molecule has 0 N–H and O–H groups in total. The Hall–Kier alpha value is -2.14. The summed E-state index contributed by atoms with van der Waals surface area (Å²) in [4.78, 5) is 18.5. The second kappa shape index (κ2) is 6.45. The van der Waals surface area contributed by atoms with E-state index in [9.17, 15) is 4.79 Å². The van der Waals surface area contributed by atoms with Gasteiger partial charge in [-0.25, -0.2) is 0 Å². The van der Waals surface area contributed by atoms with Crippen molar-refractivity contribution in [3.8, 4) is 0 Å². The normalized spacial score (nSPS) is 33.6. The van der Waals surface area contributed by atoms with E-state index < -0.39 is 0 Å². The van der Waals surface area contributed by atoms with Gasteiger partial charge in [-0.2, -0.15) is 0 Å². The van der Waals surface area contributed by atoms with Crippen LogP contribution in [0, 0.1) is 5.92 Å². The number of fused-ring (bicyclic) bond motifs is 3. The number of carbonyl (C=O) groups excluding carboxylic acids is 1. The van der Waals surface area contributed by atoms with Crippen molar-refractivity contribution in [3.63, 3.8) is 0 Å². The van der Waals surface area contributed by atoms with Crippen LogP contribution >= 0.6 is 0 Å². The molecule has 146 valence electrons. The van der Waals surface area contributed by atoms with Crippen LogP contribution in [-0.2, 0) is 12.8 Å². The summed E-state index contributed by atoms with van der Waals surface area (Å²) in [6, 6.07) is 11.5. The highest BCUT2D eigenvalue weighted by atomic mass is 16.5. The summed E-state index contributed by atoms with van der Waals surface area (Å²) in [5, 5.41) is 4.25. The Morgan fingerprint density at radius 1 is 1.04 bits per heavy atom. The molecular weight excluding hydrogens is 350 g/mol. The largest absolute Gasteiger partial charge is 0.350 e. The van der Waals surface area contributed by atoms with Crippen molar-refractivity contribution < 1.29 is 9.32 Å². The Morgan fingerprint density at radius 3 is 2.64 bits per heavy atom. The van der Waals surface area contributed by atoms with Gasteiger partial charge in [0.15, 0.2) is 0 Å². The lowest BCUT2D eigenvalue weighted by atomic mass is 9.75. The predicted octanol–water partition coefficient (Wildman–Crippen LogP) is 3.26. The van der Waals surface area contributed by atoms with Crippen molar-refractivity contribution in [2.75, 3.05) is 19.6 Å². The molecule has 2 aromatic rings. The van der Waals surface area contributed by atoms with Gasteiger partial charge in [-0.15, -0.1) is 0 Å². The smallest absolute Gasteiger partial charge is 0.293 e. The Morgan fingerprint density at radius 2 is 1.82 bits per heavy atom. The third kappa shape index (κ3) is 2.41. The maximum Gasteiger partial charge on any atom is 0.293 e. The fourth-order valence-electron chi connectivity index (χ4n) is 6.34. The van der Waals surface area contributed by atoms with Crippen LogP contribution in [0.2, 0.25) is 0 Å². The molecule has 5 nitrogen and oxygen atoms in total. The van der Waals surface area contributed by atoms with Gasteiger partial charge in [0.05, 0.1) is 11.7 Å². The molecule has 5 heteroatoms. The Labute approximate surface area is 165 Å². The number of piperidine rings is 3. The van der Waals surface area contributed by atoms with Gasteiger partial charge in [0.25, 0.3) is 5.91 Å². The summed E-state index contributed by atoms with van der Waals surface area (Å²) in [5.74, 6) is 1.61. The summed E-state index contributed by atoms with van der Waals surface area (Å²) < 4.78 is 5.64. The number of likely N-dealkylation sites (tertiary alicyclic amines) is 1. The lowest BCUT2D eigenvalue weighted by Crippen LogP contribution is -2.60. The maximum absolute atomic E-state index is 13.7. The number of hydrogen-bond acceptors (Lipinski definition) is 4. The predicted molar refractivity (Wildman–Crippen MR) is 105 cm³/mol. The molecule has 3 atom stereocenters. The quantitative estimate of drug-likeness (QED) is 0.806. The molecule has 7 rings (SSSR count). The molecule has 0 saturated carbocycles. The second-order valence-electron chi connectivity index (χ2n) is 8.97. The number of aryl methyl sites for hydroxylation is 1. The molecule has 1 aromatic heterocycles. The fraction of sp³-hybridized carbons (Fsp3) is 0.565. The first-order chi connectivity index (χ1) is 13.8. The number of rotatable bonds is 2. The van der Waals surface area contributed by atoms with Crippen molar-refractivity contribution in [2.45, 2.75) is 56.5 Å². The van der Waals surface area contributed by atoms with Crippen molar-refractivity contribution in [2.24, 2.45) is 5.92 Å². The van der Waals surface area contributed by atoms with Crippen LogP contribution in [-0.4, -0.2) is 52.6 Å². The molecule has 0 unspecified atom stereocenters. The summed E-state index contributed by atoms with van der Waals surface area (Å²) in [6.07, 6.45) is 6.57. The van der Waals surface area contributed by atoms with Crippen molar-refractivity contribution >= 4 is 5.91 Å². The fourth-order valence-corrected chi connectivity index (χ4v) is 6.34. The highest BCUT2D eigenvalue weighted by Gasteiger charge is 2.55. The highest BCUT2D eigenvalue weighted by molar-refractivity contribution is 5.93. The van der Waals surface area contributed by atoms with Gasteiger partial charge in [-0.05, 0) is 63.1 Å². The lowest BCUT2D eigenvalue weighted by Gasteiger charge is -2.51. The molecule has 0 spiro atoms. The first kappa shape index (κ1) is 16.8. The number of aromatic nitrogens is 1. The van der Waals surface area contributed by atoms with Crippen LogP contribution < -0.4 is 0 Å². The Balaban J connectivity index is 1.38. The Bertz CT molecular complexity index is 885. The van der Waals surface area contributed by atoms with Crippen LogP contribution in [0.5, 0.6) is 0 Å². The zero-order valence-electron chi connectivity index (χ0n) is 16.2. The summed E-state index contributed by atoms with van der Waals surface area (Å²) in [6.45, 7) is 3.14. The van der Waals surface area contributed by atoms with Gasteiger partial charge in [-0.1, -0.05) is 35.5 Å². The van der Waals surface area contributed by atoms with Crippen molar-refractivity contribution in [1.82, 2.24) is 15.0 Å². The number of nitrogens with zero attached hydrogens (tertiary/aromatic N) is 3. The second-order valence-corrected chi connectivity index (χ2v) is 8.97. The average Bonchev–Trinajstić information content (AvgIpc) is 3.38. The van der Waals surface area contributed by atoms with Crippen LogP contribution in [0.1, 0.15) is 59.0 Å². The first-order valence-electron chi connectivity index (χ1n) is 10.9. The standard InChI is InChI=1S/C23H27N3O2/c27-23(22-17-8-4-5-9-19(17)24-28-22)26-14-18(15-6-2-1-3-7-15)21-20(26)16-10-12-25(21)13-11-16/h1-3,6-7,16,18,20-21H,4-5,8-14H2/t18-,20+,21+/m0/s1. The van der Waals surface area contributed by atoms with Gasteiger partial charge in [0, 0.05) is 24.1 Å². The average molecular weight is 377 g/mol. The first-order valence-corrected chi connectivity index (χ1v) is 10.9. The third-order valence-corrected chi connectivity index (χ3v) is 7.64. The van der Waals surface area contributed by atoms with E-state index in [0.29, 0.717) is 29.7 Å². The molecule has 4 saturated heterocycles. The molecular formula is C23H27N3O2. The van der Waals surface area contributed by atoms with Gasteiger partial charge in [-0.3, -0.25) is 9.69 Å². The van der Waals surface area contributed by atoms with E-state index in [1.165, 1.54) is 31.5 Å². The van der Waals surface area contributed by atoms with Gasteiger partial charge in [0.2, 0.25) is 5.76 Å². The van der Waals surface area contributed by atoms with Gasteiger partial charge >= 0.3 is 0 Å². The minimum Gasteiger partial charge on any atom is -0.350 e. The van der Waals surface area contributed by atoms with E-state index in [-0.39, 0.29) is 5.91 Å². The molecule has 0 radical (unpaired) electrons. The van der Waals surface area contributed by atoms with Crippen LogP contribution in [0.3, 0.4) is 0 Å². The van der Waals surface area contributed by atoms with Crippen LogP contribution in [0.15, 0.2) is 34.9 Å². The van der Waals surface area contributed by atoms with Gasteiger partial charge < -0.3 is 9.42 Å². The Kier molecular flexibility index (Phi) is 3.86. The molecule has 5 heterocycles. The molecule has 5 aliphatic rings. The summed E-state index contributed by atoms with van der Waals surface area (Å²) in [7, 11) is 0. The van der Waals surface area contributed by atoms with Crippen LogP contribution in [0.25, 0.3) is 0 Å². The molecule has 1 aromatic carbocycles. The topological polar surface area (TPSA) is 49.6 Å². The molecule has 2 bridgehead atoms. The zero-order valence-corrected chi connectivity index (χ0v) is 16.2. The highest BCUT2D eigenvalue weighted by Crippen LogP contribution is 2.47. The van der Waals surface area contributed by atoms with E-state index in [1.807, 2.05) is 0 Å². The van der Waals surface area contributed by atoms with E-state index in [1.54, 1.807) is 0 Å². The van der Waals surface area contributed by atoms with E-state index in [0.717, 1.165) is 43.5 Å². The molecule has 4 aliphatic heterocycles. The van der Waals surface area contributed by atoms with Crippen LogP contribution in [0.4, 0.5) is 0 Å². The molecule has 4 fully saturated rings. The van der Waals surface area contributed by atoms with E-state index in [2.05, 4.69) is 45.3 Å². The third-order valence-electron chi connectivity index (χ3n) is 7.64. The molecule has 1 amide bonds. The SMILES string of the molecule is O=C(c1onc2c1CCCC2)N1C[C@@H](c2ccccc2)[C@@H]2[C@H]1C1CCN2CC1. The van der Waals surface area contributed by atoms with E-state index in [4.69, 9.17) is 4.52 Å². The maximum atomic E-state index is 13.7. The summed E-state index contributed by atoms with van der Waals surface area (Å²) >= 11 is 0. The number of carbonyl (C=O) groups is 1. The van der Waals surface area contributed by atoms with E-state index >= 15 is 0 Å². The van der Waals surface area contributed by atoms with Crippen molar-refractivity contribution in [3.05, 3.63) is 52.9 Å². The monoisotopic (exact) mass is 377 g/mol. The van der Waals surface area contributed by atoms with Crippen molar-refractivity contribution in [1.29, 1.82) is 0 Å². The minimum atomic E-state index is 0.0813. The lowest BCUT2D eigenvalue weighted by molar-refractivity contribution is -0.00455. The number of amides is 1. The minimum absolute atomic E-state index is 0.0813. The number of hydrogen-bond donors (Lipinski definition) is 0.